The van der Waals surface area contributed by atoms with E-state index in [2.05, 4.69) is 275 Å². The molecular formula is C88H92N14Ru2+4. The third-order valence-corrected chi connectivity index (χ3v) is 20.9. The van der Waals surface area contributed by atoms with Gasteiger partial charge in [-0.25, -0.2) is 9.97 Å². The van der Waals surface area contributed by atoms with E-state index >= 15 is 0 Å². The normalized spacial score (nSPS) is 10.9. The fourth-order valence-corrected chi connectivity index (χ4v) is 12.5. The number of nitrogens with zero attached hydrogens (tertiary/aromatic N) is 14. The van der Waals surface area contributed by atoms with Gasteiger partial charge in [0.15, 0.2) is 0 Å². The molecule has 0 N–H and O–H groups in total. The van der Waals surface area contributed by atoms with Crippen LogP contribution in [0.1, 0.15) is 135 Å². The number of fused-ring (bicyclic) bond motifs is 12. The van der Waals surface area contributed by atoms with Crippen molar-refractivity contribution in [1.82, 2.24) is 69.8 Å². The summed E-state index contributed by atoms with van der Waals surface area (Å²) >= 11 is 0. The average molecular weight is 1550 g/mol. The largest absolute Gasteiger partial charge is 2.00 e. The SMILES string of the molecule is Cc1cc(-c2cc(C)c(C)c(C)n2)nc(C)c1C.Cc1cc(-c2cc(C)c(C)c(C)n2)nc(C)c1C.Cc1cc(-c2cc(C)c(C)c(C)n2)nc(C)c1C.Cc1cc(-c2cc(C)c(C)c(C)n2)nc(C)c1C.[Ru+2].[Ru+2].c1cnc2c(c1)c1nc3c4cccnc4c4ncccc4c3nc1c1cccnc12. The molecule has 0 bridgehead atoms. The molecule has 0 aliphatic rings. The summed E-state index contributed by atoms with van der Waals surface area (Å²) in [6.07, 6.45) is 7.15. The smallest absolute Gasteiger partial charge is 0.254 e. The molecule has 0 saturated heterocycles. The van der Waals surface area contributed by atoms with E-state index in [1.807, 2.05) is 48.5 Å². The molecule has 14 nitrogen and oxygen atoms in total. The Labute approximate surface area is 638 Å². The van der Waals surface area contributed by atoms with Crippen LogP contribution in [0, 0.1) is 166 Å². The Morgan fingerprint density at radius 3 is 0.433 bits per heavy atom. The van der Waals surface area contributed by atoms with Crippen molar-refractivity contribution < 1.29 is 39.0 Å². The Hall–Kier alpha value is -9.87. The van der Waals surface area contributed by atoms with Crippen molar-refractivity contribution >= 4 is 65.7 Å². The van der Waals surface area contributed by atoms with Gasteiger partial charge >= 0.3 is 39.0 Å². The third kappa shape index (κ3) is 16.1. The number of pyridine rings is 12. The van der Waals surface area contributed by atoms with Crippen LogP contribution in [0.3, 0.4) is 0 Å². The maximum atomic E-state index is 5.14. The number of benzene rings is 2. The van der Waals surface area contributed by atoms with Gasteiger partial charge < -0.3 is 0 Å². The van der Waals surface area contributed by atoms with Crippen molar-refractivity contribution in [3.05, 3.63) is 256 Å². The summed E-state index contributed by atoms with van der Waals surface area (Å²) in [5.74, 6) is 0. The molecule has 2 aromatic carbocycles. The van der Waals surface area contributed by atoms with E-state index < -0.39 is 0 Å². The average Bonchev–Trinajstić information content (AvgIpc) is 0.717. The van der Waals surface area contributed by atoms with Gasteiger partial charge in [-0.05, 0) is 352 Å². The van der Waals surface area contributed by atoms with E-state index in [0.717, 1.165) is 157 Å². The van der Waals surface area contributed by atoms with E-state index in [-0.39, 0.29) is 39.0 Å². The predicted molar refractivity (Wildman–Crippen MR) is 422 cm³/mol. The molecule has 0 saturated carbocycles. The van der Waals surface area contributed by atoms with Crippen LogP contribution in [0.5, 0.6) is 0 Å². The Morgan fingerprint density at radius 1 is 0.173 bits per heavy atom. The van der Waals surface area contributed by atoms with Crippen molar-refractivity contribution in [1.29, 1.82) is 0 Å². The van der Waals surface area contributed by atoms with Crippen LogP contribution in [0.4, 0.5) is 0 Å². The van der Waals surface area contributed by atoms with Crippen molar-refractivity contribution in [3.63, 3.8) is 0 Å². The second-order valence-electron chi connectivity index (χ2n) is 27.5. The van der Waals surface area contributed by atoms with E-state index in [1.165, 1.54) is 89.0 Å². The van der Waals surface area contributed by atoms with Crippen molar-refractivity contribution in [2.45, 2.75) is 166 Å². The van der Waals surface area contributed by atoms with Crippen LogP contribution >= 0.6 is 0 Å². The zero-order valence-corrected chi connectivity index (χ0v) is 68.0. The van der Waals surface area contributed by atoms with Crippen LogP contribution < -0.4 is 0 Å². The standard InChI is InChI=1S/C24H12N6.4C16H20N2.2Ru/c1-5-13-17(25-9-1)18-14(6-2-10-26-18)22-21(13)29-23-15-7-3-11-27-19(15)20-16(24(23)30-22)8-4-12-28-20;4*1-9-7-15(17-13(5)11(9)3)16-8-10(2)12(4)14(6)18-16;;/h1-12H;4*7-8H,1-6H3;;/q;;;;;2*+2. The molecule has 13 aromatic heterocycles. The molecule has 0 fully saturated rings. The van der Waals surface area contributed by atoms with Gasteiger partial charge in [0, 0.05) is 91.9 Å². The van der Waals surface area contributed by atoms with Crippen molar-refractivity contribution in [2.75, 3.05) is 0 Å². The molecule has 526 valence electrons. The maximum Gasteiger partial charge on any atom is 2.00 e. The van der Waals surface area contributed by atoms with Crippen LogP contribution in [0.15, 0.2) is 122 Å². The minimum absolute atomic E-state index is 0. The topological polar surface area (TPSA) is 180 Å². The summed E-state index contributed by atoms with van der Waals surface area (Å²) in [6.45, 7) is 50.3. The molecule has 0 unspecified atom stereocenters. The molecule has 0 atom stereocenters. The van der Waals surface area contributed by atoms with Gasteiger partial charge in [0.25, 0.3) is 0 Å². The van der Waals surface area contributed by atoms with Crippen molar-refractivity contribution in [3.8, 4) is 45.6 Å². The summed E-state index contributed by atoms with van der Waals surface area (Å²) in [5.41, 5.74) is 43.4. The Kier molecular flexibility index (Phi) is 24.4. The first kappa shape index (κ1) is 78.3. The van der Waals surface area contributed by atoms with E-state index in [9.17, 15) is 0 Å². The maximum absolute atomic E-state index is 5.14. The summed E-state index contributed by atoms with van der Waals surface area (Å²) < 4.78 is 0. The number of aromatic nitrogens is 14. The number of aryl methyl sites for hydroxylation is 16. The summed E-state index contributed by atoms with van der Waals surface area (Å²) in [4.78, 5) is 65.9. The zero-order valence-electron chi connectivity index (χ0n) is 64.5. The predicted octanol–water partition coefficient (Wildman–Crippen LogP) is 20.9. The summed E-state index contributed by atoms with van der Waals surface area (Å²) in [5, 5.41) is 3.76. The Morgan fingerprint density at radius 2 is 0.308 bits per heavy atom. The molecule has 16 heteroatoms. The second kappa shape index (κ2) is 32.4. The molecule has 0 amide bonds. The first-order valence-electron chi connectivity index (χ1n) is 34.8. The monoisotopic (exact) mass is 1550 g/mol. The summed E-state index contributed by atoms with van der Waals surface area (Å²) in [7, 11) is 0. The van der Waals surface area contributed by atoms with Gasteiger partial charge in [-0.15, -0.1) is 0 Å². The van der Waals surface area contributed by atoms with Gasteiger partial charge in [0.05, 0.1) is 89.7 Å². The molecule has 0 radical (unpaired) electrons. The molecule has 0 aliphatic heterocycles. The minimum Gasteiger partial charge on any atom is -0.254 e. The van der Waals surface area contributed by atoms with Crippen LogP contribution in [0.2, 0.25) is 0 Å². The number of rotatable bonds is 4. The quantitative estimate of drug-likeness (QED) is 0.0922. The van der Waals surface area contributed by atoms with Gasteiger partial charge in [0.2, 0.25) is 0 Å². The summed E-state index contributed by atoms with van der Waals surface area (Å²) in [6, 6.07) is 32.8. The molecular weight excluding hydrogens is 1460 g/mol. The number of hydrogen-bond donors (Lipinski definition) is 0. The molecule has 0 spiro atoms. The van der Waals surface area contributed by atoms with Crippen LogP contribution in [-0.4, -0.2) is 69.8 Å². The van der Waals surface area contributed by atoms with Gasteiger partial charge in [-0.3, -0.25) is 59.8 Å². The number of hydrogen-bond acceptors (Lipinski definition) is 14. The molecule has 0 aliphatic carbocycles. The first-order valence-corrected chi connectivity index (χ1v) is 34.8. The fraction of sp³-hybridized carbons (Fsp3) is 0.273. The third-order valence-electron chi connectivity index (χ3n) is 20.9. The van der Waals surface area contributed by atoms with Gasteiger partial charge in [-0.2, -0.15) is 0 Å². The van der Waals surface area contributed by atoms with Crippen LogP contribution in [0.25, 0.3) is 111 Å². The first-order chi connectivity index (χ1) is 48.5. The van der Waals surface area contributed by atoms with Crippen LogP contribution in [-0.2, 0) is 39.0 Å². The Bertz CT molecular complexity index is 4730. The van der Waals surface area contributed by atoms with Gasteiger partial charge in [0.1, 0.15) is 0 Å². The minimum atomic E-state index is 0. The molecule has 15 rings (SSSR count). The van der Waals surface area contributed by atoms with Crippen molar-refractivity contribution in [2.24, 2.45) is 0 Å². The van der Waals surface area contributed by atoms with Gasteiger partial charge in [-0.1, -0.05) is 0 Å². The van der Waals surface area contributed by atoms with E-state index in [1.54, 1.807) is 24.8 Å². The molecule has 104 heavy (non-hydrogen) atoms. The fourth-order valence-electron chi connectivity index (χ4n) is 12.5. The molecule has 13 heterocycles. The van der Waals surface area contributed by atoms with E-state index in [4.69, 9.17) is 9.97 Å². The zero-order chi connectivity index (χ0) is 73.4. The second-order valence-corrected chi connectivity index (χ2v) is 27.5. The molecule has 15 aromatic rings. The van der Waals surface area contributed by atoms with E-state index in [0.29, 0.717) is 0 Å². The Balaban J connectivity index is 0.000000153.